The predicted molar refractivity (Wildman–Crippen MR) is 92.4 cm³/mol. The summed E-state index contributed by atoms with van der Waals surface area (Å²) in [6, 6.07) is 5.72. The highest BCUT2D eigenvalue weighted by molar-refractivity contribution is 5.95. The summed E-state index contributed by atoms with van der Waals surface area (Å²) in [6.45, 7) is 7.89. The summed E-state index contributed by atoms with van der Waals surface area (Å²) in [7, 11) is 2.05. The number of nitrogens with one attached hydrogen (secondary N) is 1. The van der Waals surface area contributed by atoms with Crippen LogP contribution in [0.25, 0.3) is 0 Å². The van der Waals surface area contributed by atoms with Crippen molar-refractivity contribution in [1.29, 1.82) is 0 Å². The van der Waals surface area contributed by atoms with E-state index in [0.29, 0.717) is 18.1 Å². The maximum Gasteiger partial charge on any atom is 0.251 e. The fraction of sp³-hybridized carbons (Fsp3) is 0.611. The van der Waals surface area contributed by atoms with Gasteiger partial charge in [-0.2, -0.15) is 0 Å². The number of likely N-dealkylation sites (N-methyl/N-ethyl adjacent to an activating group) is 1. The molecule has 0 bridgehead atoms. The smallest absolute Gasteiger partial charge is 0.251 e. The maximum atomic E-state index is 12.4. The van der Waals surface area contributed by atoms with Crippen molar-refractivity contribution in [1.82, 2.24) is 10.2 Å². The molecule has 1 amide bonds. The number of hydrogen-bond acceptors (Lipinski definition) is 4. The van der Waals surface area contributed by atoms with E-state index in [0.717, 1.165) is 37.6 Å². The zero-order valence-electron chi connectivity index (χ0n) is 14.2. The van der Waals surface area contributed by atoms with Crippen molar-refractivity contribution in [2.45, 2.75) is 19.8 Å². The Kier molecular flexibility index (Phi) is 5.06. The third-order valence-electron chi connectivity index (χ3n) is 4.92. The van der Waals surface area contributed by atoms with Gasteiger partial charge in [0.05, 0.1) is 12.2 Å². The Morgan fingerprint density at radius 1 is 1.39 bits per heavy atom. The third-order valence-corrected chi connectivity index (χ3v) is 4.92. The highest BCUT2D eigenvalue weighted by Gasteiger charge is 2.20. The molecule has 2 aliphatic heterocycles. The highest BCUT2D eigenvalue weighted by Crippen LogP contribution is 2.31. The Balaban J connectivity index is 1.58. The van der Waals surface area contributed by atoms with Gasteiger partial charge in [-0.15, -0.1) is 0 Å². The normalized spacial score (nSPS) is 21.5. The van der Waals surface area contributed by atoms with Crippen molar-refractivity contribution in [2.75, 3.05) is 51.3 Å². The Labute approximate surface area is 138 Å². The van der Waals surface area contributed by atoms with Gasteiger partial charge < -0.3 is 19.9 Å². The lowest BCUT2D eigenvalue weighted by atomic mass is 9.98. The highest BCUT2D eigenvalue weighted by atomic mass is 16.5. The second-order valence-corrected chi connectivity index (χ2v) is 6.56. The molecule has 1 N–H and O–H groups in total. The van der Waals surface area contributed by atoms with Gasteiger partial charge in [0, 0.05) is 25.7 Å². The van der Waals surface area contributed by atoms with Crippen LogP contribution in [0.15, 0.2) is 18.2 Å². The molecular formula is C18H27N3O2. The lowest BCUT2D eigenvalue weighted by Crippen LogP contribution is -2.40. The summed E-state index contributed by atoms with van der Waals surface area (Å²) in [5.41, 5.74) is 1.74. The van der Waals surface area contributed by atoms with Crippen LogP contribution in [0.4, 0.5) is 5.69 Å². The molecule has 1 atom stereocenters. The molecule has 126 valence electrons. The number of amides is 1. The van der Waals surface area contributed by atoms with Crippen molar-refractivity contribution in [3.05, 3.63) is 23.8 Å². The number of carbonyl (C=O) groups excluding carboxylic acids is 1. The molecule has 5 nitrogen and oxygen atoms in total. The van der Waals surface area contributed by atoms with Crippen molar-refractivity contribution < 1.29 is 9.53 Å². The topological polar surface area (TPSA) is 44.8 Å². The number of benzene rings is 1. The van der Waals surface area contributed by atoms with Gasteiger partial charge in [-0.25, -0.2) is 0 Å². The average Bonchev–Trinajstić information content (AvgIpc) is 2.59. The first-order valence-electron chi connectivity index (χ1n) is 8.66. The number of fused-ring (bicyclic) bond motifs is 1. The lowest BCUT2D eigenvalue weighted by Gasteiger charge is -2.32. The molecule has 0 spiro atoms. The second kappa shape index (κ2) is 7.21. The van der Waals surface area contributed by atoms with E-state index in [-0.39, 0.29) is 5.91 Å². The van der Waals surface area contributed by atoms with Crippen LogP contribution in [0.3, 0.4) is 0 Å². The molecule has 1 fully saturated rings. The van der Waals surface area contributed by atoms with E-state index in [2.05, 4.69) is 22.0 Å². The molecule has 0 saturated carbocycles. The van der Waals surface area contributed by atoms with Gasteiger partial charge in [-0.05, 0) is 50.0 Å². The monoisotopic (exact) mass is 317 g/mol. The van der Waals surface area contributed by atoms with Crippen molar-refractivity contribution in [2.24, 2.45) is 5.92 Å². The lowest BCUT2D eigenvalue weighted by molar-refractivity contribution is 0.0933. The van der Waals surface area contributed by atoms with Crippen LogP contribution in [0, 0.1) is 5.92 Å². The third kappa shape index (κ3) is 3.78. The van der Waals surface area contributed by atoms with E-state index in [1.165, 1.54) is 19.4 Å². The van der Waals surface area contributed by atoms with Gasteiger partial charge in [-0.3, -0.25) is 4.79 Å². The van der Waals surface area contributed by atoms with Crippen LogP contribution in [0.5, 0.6) is 5.75 Å². The van der Waals surface area contributed by atoms with Crippen LogP contribution in [-0.2, 0) is 0 Å². The molecular weight excluding hydrogens is 290 g/mol. The fourth-order valence-electron chi connectivity index (χ4n) is 3.44. The number of likely N-dealkylation sites (tertiary alicyclic amines) is 1. The minimum Gasteiger partial charge on any atom is -0.490 e. The average molecular weight is 317 g/mol. The second-order valence-electron chi connectivity index (χ2n) is 6.56. The summed E-state index contributed by atoms with van der Waals surface area (Å²) in [5, 5.41) is 3.10. The van der Waals surface area contributed by atoms with E-state index in [9.17, 15) is 4.79 Å². The van der Waals surface area contributed by atoms with E-state index < -0.39 is 0 Å². The van der Waals surface area contributed by atoms with Crippen molar-refractivity contribution in [3.63, 3.8) is 0 Å². The SMILES string of the molecule is CCN1CCC[C@H](CNC(=O)c2ccc3c(c2)OCCN3C)C1. The maximum absolute atomic E-state index is 12.4. The summed E-state index contributed by atoms with van der Waals surface area (Å²) in [4.78, 5) is 17.0. The van der Waals surface area contributed by atoms with Crippen LogP contribution in [-0.4, -0.2) is 57.2 Å². The Hall–Kier alpha value is -1.75. The number of anilines is 1. The largest absolute Gasteiger partial charge is 0.490 e. The number of piperidine rings is 1. The Morgan fingerprint density at radius 3 is 3.09 bits per heavy atom. The number of rotatable bonds is 4. The van der Waals surface area contributed by atoms with E-state index >= 15 is 0 Å². The molecule has 0 aliphatic carbocycles. The first kappa shape index (κ1) is 16.1. The molecule has 1 aromatic rings. The molecule has 0 radical (unpaired) electrons. The number of nitrogens with zero attached hydrogens (tertiary/aromatic N) is 2. The fourth-order valence-corrected chi connectivity index (χ4v) is 3.44. The minimum atomic E-state index is -0.00162. The standard InChI is InChI=1S/C18H27N3O2/c1-3-21-8-4-5-14(13-21)12-19-18(22)15-6-7-16-17(11-15)23-10-9-20(16)2/h6-7,11,14H,3-5,8-10,12-13H2,1-2H3,(H,19,22)/t14-/m1/s1. The van der Waals surface area contributed by atoms with Gasteiger partial charge in [-0.1, -0.05) is 6.92 Å². The number of hydrogen-bond donors (Lipinski definition) is 1. The van der Waals surface area contributed by atoms with Gasteiger partial charge in [0.25, 0.3) is 5.91 Å². The summed E-state index contributed by atoms with van der Waals surface area (Å²) in [6.07, 6.45) is 2.43. The summed E-state index contributed by atoms with van der Waals surface area (Å²) >= 11 is 0. The number of carbonyl (C=O) groups is 1. The van der Waals surface area contributed by atoms with Crippen LogP contribution in [0.1, 0.15) is 30.1 Å². The summed E-state index contributed by atoms with van der Waals surface area (Å²) in [5.74, 6) is 1.37. The van der Waals surface area contributed by atoms with Crippen LogP contribution in [0.2, 0.25) is 0 Å². The molecule has 5 heteroatoms. The first-order chi connectivity index (χ1) is 11.2. The van der Waals surface area contributed by atoms with E-state index in [4.69, 9.17) is 4.74 Å². The quantitative estimate of drug-likeness (QED) is 0.922. The van der Waals surface area contributed by atoms with Gasteiger partial charge in [0.1, 0.15) is 12.4 Å². The summed E-state index contributed by atoms with van der Waals surface area (Å²) < 4.78 is 5.68. The van der Waals surface area contributed by atoms with Crippen molar-refractivity contribution >= 4 is 11.6 Å². The zero-order valence-corrected chi connectivity index (χ0v) is 14.2. The molecule has 0 unspecified atom stereocenters. The minimum absolute atomic E-state index is 0.00162. The van der Waals surface area contributed by atoms with E-state index in [1.807, 2.05) is 25.2 Å². The van der Waals surface area contributed by atoms with Gasteiger partial charge >= 0.3 is 0 Å². The first-order valence-corrected chi connectivity index (χ1v) is 8.66. The van der Waals surface area contributed by atoms with E-state index in [1.54, 1.807) is 0 Å². The number of ether oxygens (including phenoxy) is 1. The Bertz CT molecular complexity index is 561. The molecule has 2 aliphatic rings. The molecule has 23 heavy (non-hydrogen) atoms. The Morgan fingerprint density at radius 2 is 2.26 bits per heavy atom. The molecule has 0 aromatic heterocycles. The van der Waals surface area contributed by atoms with Gasteiger partial charge in [0.15, 0.2) is 0 Å². The molecule has 1 saturated heterocycles. The van der Waals surface area contributed by atoms with Crippen LogP contribution < -0.4 is 15.0 Å². The predicted octanol–water partition coefficient (Wildman–Crippen LogP) is 1.98. The molecule has 3 rings (SSSR count). The molecule has 2 heterocycles. The molecule has 1 aromatic carbocycles. The van der Waals surface area contributed by atoms with Crippen LogP contribution >= 0.6 is 0 Å². The van der Waals surface area contributed by atoms with Crippen molar-refractivity contribution in [3.8, 4) is 5.75 Å². The zero-order chi connectivity index (χ0) is 16.2. The van der Waals surface area contributed by atoms with Gasteiger partial charge in [0.2, 0.25) is 0 Å².